The molecule has 5 heterocycles. The molecule has 16 nitrogen and oxygen atoms in total. The third-order valence-electron chi connectivity index (χ3n) is 13.6. The molecular formula is C52H69N9O7S. The molecule has 370 valence electrons. The average molecular weight is 964 g/mol. The van der Waals surface area contributed by atoms with E-state index in [1.54, 1.807) is 17.4 Å². The predicted octanol–water partition coefficient (Wildman–Crippen LogP) is 4.11. The van der Waals surface area contributed by atoms with Crippen LogP contribution in [0.25, 0.3) is 10.4 Å². The molecule has 17 heteroatoms. The van der Waals surface area contributed by atoms with Gasteiger partial charge in [0.15, 0.2) is 0 Å². The van der Waals surface area contributed by atoms with Gasteiger partial charge < -0.3 is 36.0 Å². The van der Waals surface area contributed by atoms with Gasteiger partial charge in [-0.1, -0.05) is 69.3 Å². The number of unbranched alkanes of at least 4 members (excludes halogenated alkanes) is 1. The molecule has 5 N–H and O–H groups in total. The van der Waals surface area contributed by atoms with E-state index >= 15 is 0 Å². The van der Waals surface area contributed by atoms with Gasteiger partial charge in [0.05, 0.1) is 28.3 Å². The number of ketones is 1. The summed E-state index contributed by atoms with van der Waals surface area (Å²) >= 11 is 1.58. The molecule has 0 saturated carbocycles. The molecule has 3 aliphatic heterocycles. The Balaban J connectivity index is 0.750. The highest BCUT2D eigenvalue weighted by atomic mass is 32.1. The van der Waals surface area contributed by atoms with Crippen LogP contribution in [0.1, 0.15) is 97.9 Å². The third kappa shape index (κ3) is 14.5. The lowest BCUT2D eigenvalue weighted by Crippen LogP contribution is -2.50. The van der Waals surface area contributed by atoms with Crippen molar-refractivity contribution in [3.8, 4) is 10.4 Å². The molecule has 4 atom stereocenters. The van der Waals surface area contributed by atoms with Gasteiger partial charge in [0.1, 0.15) is 23.8 Å². The largest absolute Gasteiger partial charge is 0.391 e. The minimum absolute atomic E-state index is 0.0202. The van der Waals surface area contributed by atoms with Crippen LogP contribution in [0.3, 0.4) is 0 Å². The van der Waals surface area contributed by atoms with Crippen molar-refractivity contribution in [2.75, 3.05) is 52.4 Å². The van der Waals surface area contributed by atoms with Crippen molar-refractivity contribution in [2.45, 2.75) is 110 Å². The highest BCUT2D eigenvalue weighted by Gasteiger charge is 2.44. The van der Waals surface area contributed by atoms with Crippen molar-refractivity contribution >= 4 is 40.7 Å². The Labute approximate surface area is 409 Å². The van der Waals surface area contributed by atoms with E-state index in [0.29, 0.717) is 51.2 Å². The molecule has 0 unspecified atom stereocenters. The van der Waals surface area contributed by atoms with Crippen molar-refractivity contribution in [1.29, 1.82) is 0 Å². The molecule has 2 saturated heterocycles. The van der Waals surface area contributed by atoms with Crippen LogP contribution in [0.2, 0.25) is 0 Å². The Bertz CT molecular complexity index is 2400. The van der Waals surface area contributed by atoms with Crippen molar-refractivity contribution in [3.05, 3.63) is 100 Å². The van der Waals surface area contributed by atoms with Gasteiger partial charge in [0, 0.05) is 103 Å². The number of aryl methyl sites for hydroxylation is 1. The van der Waals surface area contributed by atoms with Crippen LogP contribution in [0, 0.1) is 24.2 Å². The number of aliphatic hydroxyl groups is 2. The number of aliphatic hydroxyl groups excluding tert-OH is 2. The first kappa shape index (κ1) is 51.4. The molecule has 0 spiro atoms. The summed E-state index contributed by atoms with van der Waals surface area (Å²) < 4.78 is 0. The number of hydrogen-bond acceptors (Lipinski definition) is 13. The molecule has 69 heavy (non-hydrogen) atoms. The van der Waals surface area contributed by atoms with Crippen molar-refractivity contribution < 1.29 is 34.2 Å². The number of carbonyl (C=O) groups is 5. The standard InChI is InChI=1S/C52H69N9O7S/c1-34-48(69-33-58-34)38-15-13-35(14-16-38)25-54-50(67)46-24-42(63)31-61(46)51(68)44(52(2,3)4)23-41(62)11-7-8-12-47(65)53-18-20-60-27-36(28-60)21-40-22-45(57-32-56-40)49(66)55-26-43(64)30-59-19-17-37-9-5-6-10-39(37)29-59/h5-6,9-10,13-16,22,32-33,36,42-44,46,63-64H,7-8,11-12,17-21,23-31H2,1-4H3,(H,53,65)(H,54,67)(H,55,66)/t42-,43+,44-,46+/m1/s1. The van der Waals surface area contributed by atoms with Gasteiger partial charge in [0.2, 0.25) is 17.7 Å². The number of aromatic nitrogens is 3. The Kier molecular flexibility index (Phi) is 17.8. The summed E-state index contributed by atoms with van der Waals surface area (Å²) in [7, 11) is 0. The summed E-state index contributed by atoms with van der Waals surface area (Å²) in [5, 5.41) is 30.0. The maximum absolute atomic E-state index is 14.1. The summed E-state index contributed by atoms with van der Waals surface area (Å²) in [6, 6.07) is 17.1. The molecule has 4 amide bonds. The number of nitrogens with one attached hydrogen (secondary N) is 3. The molecule has 0 aliphatic carbocycles. The van der Waals surface area contributed by atoms with Crippen LogP contribution < -0.4 is 16.0 Å². The van der Waals surface area contributed by atoms with Gasteiger partial charge >= 0.3 is 0 Å². The SMILES string of the molecule is Cc1ncsc1-c1ccc(CNC(=O)[C@@H]2C[C@@H](O)CN2C(=O)[C@@H](CC(=O)CCCCC(=O)NCCN2CC(Cc3cc(C(=O)NC[C@H](O)CN4CCc5ccccc5C4)ncn3)C2)C(C)(C)C)cc1. The molecule has 2 aromatic heterocycles. The smallest absolute Gasteiger partial charge is 0.270 e. The Hall–Kier alpha value is -5.46. The molecule has 0 radical (unpaired) electrons. The first-order valence-corrected chi connectivity index (χ1v) is 25.3. The highest BCUT2D eigenvalue weighted by Crippen LogP contribution is 2.34. The molecule has 3 aliphatic rings. The number of β-amino-alcohol motifs (C(OH)–C–C–N with tert-alkyl or cyclic N) is 2. The maximum Gasteiger partial charge on any atom is 0.270 e. The van der Waals surface area contributed by atoms with E-state index in [0.717, 1.165) is 60.0 Å². The van der Waals surface area contributed by atoms with Gasteiger partial charge in [-0.3, -0.25) is 28.9 Å². The second kappa shape index (κ2) is 23.9. The normalized spacial score (nSPS) is 18.5. The zero-order valence-electron chi connectivity index (χ0n) is 40.5. The van der Waals surface area contributed by atoms with Crippen LogP contribution >= 0.6 is 11.3 Å². The second-order valence-corrected chi connectivity index (χ2v) is 21.0. The maximum atomic E-state index is 14.1. The summed E-state index contributed by atoms with van der Waals surface area (Å²) in [6.45, 7) is 13.2. The number of amides is 4. The van der Waals surface area contributed by atoms with E-state index in [-0.39, 0.29) is 74.0 Å². The van der Waals surface area contributed by atoms with E-state index in [9.17, 15) is 34.2 Å². The number of benzene rings is 2. The lowest BCUT2D eigenvalue weighted by atomic mass is 9.76. The number of carbonyl (C=O) groups excluding carboxylic acids is 5. The molecule has 2 aromatic carbocycles. The van der Waals surface area contributed by atoms with Crippen LogP contribution in [-0.2, 0) is 45.1 Å². The number of rotatable bonds is 22. The predicted molar refractivity (Wildman–Crippen MR) is 264 cm³/mol. The summed E-state index contributed by atoms with van der Waals surface area (Å²) in [6.07, 6.45) is 3.28. The minimum Gasteiger partial charge on any atom is -0.391 e. The van der Waals surface area contributed by atoms with Gasteiger partial charge in [-0.2, -0.15) is 0 Å². The van der Waals surface area contributed by atoms with Crippen LogP contribution in [0.4, 0.5) is 0 Å². The average Bonchev–Trinajstić information content (AvgIpc) is 3.94. The highest BCUT2D eigenvalue weighted by molar-refractivity contribution is 7.13. The first-order valence-electron chi connectivity index (χ1n) is 24.4. The van der Waals surface area contributed by atoms with Gasteiger partial charge in [-0.25, -0.2) is 15.0 Å². The summed E-state index contributed by atoms with van der Waals surface area (Å²) in [5.41, 5.74) is 7.88. The summed E-state index contributed by atoms with van der Waals surface area (Å²) in [5.74, 6) is -1.43. The minimum atomic E-state index is -0.841. The molecule has 4 aromatic rings. The first-order chi connectivity index (χ1) is 33.1. The number of thiazole rings is 1. The van der Waals surface area contributed by atoms with Crippen molar-refractivity contribution in [1.82, 2.24) is 45.6 Å². The van der Waals surface area contributed by atoms with Crippen LogP contribution in [0.5, 0.6) is 0 Å². The monoisotopic (exact) mass is 964 g/mol. The second-order valence-electron chi connectivity index (χ2n) is 20.1. The van der Waals surface area contributed by atoms with E-state index in [1.807, 2.05) is 63.5 Å². The van der Waals surface area contributed by atoms with Gasteiger partial charge in [-0.05, 0) is 72.3 Å². The van der Waals surface area contributed by atoms with Gasteiger partial charge in [0.25, 0.3) is 5.91 Å². The van der Waals surface area contributed by atoms with E-state index < -0.39 is 29.6 Å². The lowest BCUT2D eigenvalue weighted by Gasteiger charge is -2.39. The quantitative estimate of drug-likeness (QED) is 0.0706. The van der Waals surface area contributed by atoms with Crippen molar-refractivity contribution in [3.63, 3.8) is 0 Å². The zero-order valence-corrected chi connectivity index (χ0v) is 41.3. The lowest BCUT2D eigenvalue weighted by molar-refractivity contribution is -0.146. The van der Waals surface area contributed by atoms with E-state index in [4.69, 9.17) is 0 Å². The topological polar surface area (TPSA) is 210 Å². The number of hydrogen-bond donors (Lipinski definition) is 5. The fourth-order valence-corrected chi connectivity index (χ4v) is 10.4. The Morgan fingerprint density at radius 1 is 0.899 bits per heavy atom. The number of fused-ring (bicyclic) bond motifs is 1. The number of Topliss-reactive ketones (excluding diaryl/α,β-unsaturated/α-hetero) is 1. The third-order valence-corrected chi connectivity index (χ3v) is 14.6. The van der Waals surface area contributed by atoms with E-state index in [2.05, 4.69) is 58.9 Å². The van der Waals surface area contributed by atoms with Crippen LogP contribution in [-0.4, -0.2) is 140 Å². The molecule has 0 bridgehead atoms. The van der Waals surface area contributed by atoms with Crippen molar-refractivity contribution in [2.24, 2.45) is 17.3 Å². The fraction of sp³-hybridized carbons (Fsp3) is 0.538. The number of nitrogens with zero attached hydrogens (tertiary/aromatic N) is 6. The fourth-order valence-electron chi connectivity index (χ4n) is 9.60. The van der Waals surface area contributed by atoms with E-state index in [1.165, 1.54) is 22.4 Å². The Morgan fingerprint density at radius 3 is 2.39 bits per heavy atom. The molecule has 2 fully saturated rings. The number of likely N-dealkylation sites (tertiary alicyclic amines) is 2. The summed E-state index contributed by atoms with van der Waals surface area (Å²) in [4.78, 5) is 86.3. The Morgan fingerprint density at radius 2 is 1.65 bits per heavy atom. The van der Waals surface area contributed by atoms with Crippen LogP contribution in [0.15, 0.2) is 66.4 Å². The zero-order chi connectivity index (χ0) is 49.1. The molecular weight excluding hydrogens is 895 g/mol. The molecule has 7 rings (SSSR count). The van der Waals surface area contributed by atoms with Gasteiger partial charge in [-0.15, -0.1) is 11.3 Å².